The summed E-state index contributed by atoms with van der Waals surface area (Å²) in [6.07, 6.45) is -0.385. The van der Waals surface area contributed by atoms with Crippen LogP contribution in [0.1, 0.15) is 16.8 Å². The number of halogens is 2. The Morgan fingerprint density at radius 2 is 2.00 bits per heavy atom. The molecule has 1 aliphatic rings. The van der Waals surface area contributed by atoms with Gasteiger partial charge in [-0.1, -0.05) is 6.07 Å². The standard InChI is InChI=1S/C14H14F2N2O4/c1-22-11(19)7-10-13(20)17-5-6-18(10)14(21)12-8(15)3-2-4-9(12)16/h2-4,10H,5-7H2,1H3,(H,17,20)/t10-/m1/s1. The molecular formula is C14H14F2N2O4. The molecule has 22 heavy (non-hydrogen) atoms. The van der Waals surface area contributed by atoms with E-state index in [1.165, 1.54) is 0 Å². The van der Waals surface area contributed by atoms with Gasteiger partial charge in [-0.3, -0.25) is 14.4 Å². The summed E-state index contributed by atoms with van der Waals surface area (Å²) in [5, 5.41) is 2.50. The van der Waals surface area contributed by atoms with E-state index in [0.717, 1.165) is 30.2 Å². The van der Waals surface area contributed by atoms with Gasteiger partial charge in [0.25, 0.3) is 5.91 Å². The quantitative estimate of drug-likeness (QED) is 0.823. The van der Waals surface area contributed by atoms with Gasteiger partial charge in [0.2, 0.25) is 5.91 Å². The number of carbonyl (C=O) groups is 3. The highest BCUT2D eigenvalue weighted by atomic mass is 19.1. The molecule has 118 valence electrons. The van der Waals surface area contributed by atoms with Gasteiger partial charge in [-0.25, -0.2) is 8.78 Å². The number of hydrogen-bond acceptors (Lipinski definition) is 4. The molecule has 0 spiro atoms. The second kappa shape index (κ2) is 6.50. The molecule has 1 aliphatic heterocycles. The zero-order chi connectivity index (χ0) is 16.3. The molecule has 0 radical (unpaired) electrons. The summed E-state index contributed by atoms with van der Waals surface area (Å²) in [4.78, 5) is 36.6. The third kappa shape index (κ3) is 3.05. The number of carbonyl (C=O) groups excluding carboxylic acids is 3. The fourth-order valence-corrected chi connectivity index (χ4v) is 2.25. The molecule has 0 aliphatic carbocycles. The fourth-order valence-electron chi connectivity index (χ4n) is 2.25. The van der Waals surface area contributed by atoms with Crippen LogP contribution in [0.25, 0.3) is 0 Å². The number of amides is 2. The minimum absolute atomic E-state index is 0.0417. The highest BCUT2D eigenvalue weighted by Gasteiger charge is 2.37. The Labute approximate surface area is 125 Å². The smallest absolute Gasteiger partial charge is 0.308 e. The summed E-state index contributed by atoms with van der Waals surface area (Å²) in [5.41, 5.74) is -0.743. The summed E-state index contributed by atoms with van der Waals surface area (Å²) >= 11 is 0. The zero-order valence-corrected chi connectivity index (χ0v) is 11.8. The molecule has 1 aromatic rings. The third-order valence-electron chi connectivity index (χ3n) is 3.36. The minimum Gasteiger partial charge on any atom is -0.469 e. The summed E-state index contributed by atoms with van der Waals surface area (Å²) in [6.45, 7) is 0.179. The van der Waals surface area contributed by atoms with Crippen molar-refractivity contribution in [1.82, 2.24) is 10.2 Å². The summed E-state index contributed by atoms with van der Waals surface area (Å²) < 4.78 is 31.9. The Kier molecular flexibility index (Phi) is 4.69. The second-order valence-corrected chi connectivity index (χ2v) is 4.68. The predicted molar refractivity (Wildman–Crippen MR) is 70.8 cm³/mol. The lowest BCUT2D eigenvalue weighted by Crippen LogP contribution is -2.58. The summed E-state index contributed by atoms with van der Waals surface area (Å²) in [5.74, 6) is -4.28. The topological polar surface area (TPSA) is 75.7 Å². The van der Waals surface area contributed by atoms with Gasteiger partial charge in [-0.05, 0) is 12.1 Å². The number of piperazine rings is 1. The molecule has 0 aromatic heterocycles. The van der Waals surface area contributed by atoms with E-state index in [2.05, 4.69) is 10.1 Å². The average Bonchev–Trinajstić information content (AvgIpc) is 2.48. The van der Waals surface area contributed by atoms with Crippen molar-refractivity contribution in [1.29, 1.82) is 0 Å². The molecule has 0 bridgehead atoms. The monoisotopic (exact) mass is 312 g/mol. The third-order valence-corrected chi connectivity index (χ3v) is 3.36. The Hall–Kier alpha value is -2.51. The number of methoxy groups -OCH3 is 1. The highest BCUT2D eigenvalue weighted by molar-refractivity contribution is 5.99. The summed E-state index contributed by atoms with van der Waals surface area (Å²) in [6, 6.07) is 1.88. The number of nitrogens with zero attached hydrogens (tertiary/aromatic N) is 1. The maximum atomic E-state index is 13.7. The largest absolute Gasteiger partial charge is 0.469 e. The second-order valence-electron chi connectivity index (χ2n) is 4.68. The zero-order valence-electron chi connectivity index (χ0n) is 11.8. The molecule has 1 N–H and O–H groups in total. The molecule has 1 saturated heterocycles. The van der Waals surface area contributed by atoms with Crippen molar-refractivity contribution in [2.24, 2.45) is 0 Å². The normalized spacial score (nSPS) is 17.9. The first kappa shape index (κ1) is 15.9. The fraction of sp³-hybridized carbons (Fsp3) is 0.357. The number of hydrogen-bond donors (Lipinski definition) is 1. The lowest BCUT2D eigenvalue weighted by Gasteiger charge is -2.34. The van der Waals surface area contributed by atoms with Crippen molar-refractivity contribution in [2.45, 2.75) is 12.5 Å². The van der Waals surface area contributed by atoms with Gasteiger partial charge >= 0.3 is 5.97 Å². The highest BCUT2D eigenvalue weighted by Crippen LogP contribution is 2.19. The van der Waals surface area contributed by atoms with Crippen LogP contribution in [-0.2, 0) is 14.3 Å². The SMILES string of the molecule is COC(=O)C[C@@H]1C(=O)NCCN1C(=O)c1c(F)cccc1F. The van der Waals surface area contributed by atoms with E-state index in [1.54, 1.807) is 0 Å². The van der Waals surface area contributed by atoms with Crippen LogP contribution in [0.4, 0.5) is 8.78 Å². The maximum absolute atomic E-state index is 13.7. The maximum Gasteiger partial charge on any atom is 0.308 e. The predicted octanol–water partition coefficient (Wildman–Crippen LogP) is 0.468. The molecule has 8 heteroatoms. The van der Waals surface area contributed by atoms with Crippen molar-refractivity contribution in [2.75, 3.05) is 20.2 Å². The van der Waals surface area contributed by atoms with Crippen molar-refractivity contribution >= 4 is 17.8 Å². The van der Waals surface area contributed by atoms with Crippen LogP contribution < -0.4 is 5.32 Å². The average molecular weight is 312 g/mol. The molecule has 2 rings (SSSR count). The molecular weight excluding hydrogens is 298 g/mol. The Morgan fingerprint density at radius 1 is 1.36 bits per heavy atom. The van der Waals surface area contributed by atoms with E-state index in [9.17, 15) is 23.2 Å². The molecule has 1 heterocycles. The van der Waals surface area contributed by atoms with Crippen LogP contribution >= 0.6 is 0 Å². The minimum atomic E-state index is -1.16. The van der Waals surface area contributed by atoms with E-state index < -0.39 is 41.0 Å². The van der Waals surface area contributed by atoms with Crippen LogP contribution in [0.5, 0.6) is 0 Å². The van der Waals surface area contributed by atoms with Crippen LogP contribution in [0.2, 0.25) is 0 Å². The number of benzene rings is 1. The van der Waals surface area contributed by atoms with E-state index >= 15 is 0 Å². The van der Waals surface area contributed by atoms with Crippen molar-refractivity contribution < 1.29 is 27.9 Å². The molecule has 0 saturated carbocycles. The first-order chi connectivity index (χ1) is 10.5. The summed E-state index contributed by atoms with van der Waals surface area (Å²) in [7, 11) is 1.14. The van der Waals surface area contributed by atoms with Gasteiger partial charge in [-0.15, -0.1) is 0 Å². The molecule has 2 amide bonds. The van der Waals surface area contributed by atoms with Crippen LogP contribution in [0, 0.1) is 11.6 Å². The number of rotatable bonds is 3. The number of nitrogens with one attached hydrogen (secondary N) is 1. The lowest BCUT2D eigenvalue weighted by molar-refractivity contribution is -0.145. The van der Waals surface area contributed by atoms with Gasteiger partial charge in [0.15, 0.2) is 0 Å². The van der Waals surface area contributed by atoms with Crippen LogP contribution in [-0.4, -0.2) is 48.9 Å². The molecule has 1 atom stereocenters. The molecule has 0 unspecified atom stereocenters. The van der Waals surface area contributed by atoms with E-state index in [4.69, 9.17) is 0 Å². The van der Waals surface area contributed by atoms with Crippen molar-refractivity contribution in [3.05, 3.63) is 35.4 Å². The van der Waals surface area contributed by atoms with Gasteiger partial charge in [0.05, 0.1) is 13.5 Å². The Morgan fingerprint density at radius 3 is 2.59 bits per heavy atom. The van der Waals surface area contributed by atoms with Crippen molar-refractivity contribution in [3.8, 4) is 0 Å². The lowest BCUT2D eigenvalue weighted by atomic mass is 10.1. The van der Waals surface area contributed by atoms with Crippen LogP contribution in [0.15, 0.2) is 18.2 Å². The number of ether oxygens (including phenoxy) is 1. The van der Waals surface area contributed by atoms with Gasteiger partial charge in [0, 0.05) is 13.1 Å². The van der Waals surface area contributed by atoms with Crippen LogP contribution in [0.3, 0.4) is 0 Å². The van der Waals surface area contributed by atoms with Gasteiger partial charge < -0.3 is 15.0 Å². The first-order valence-corrected chi connectivity index (χ1v) is 6.55. The Bertz CT molecular complexity index is 601. The van der Waals surface area contributed by atoms with E-state index in [0.29, 0.717) is 0 Å². The van der Waals surface area contributed by atoms with Gasteiger partial charge in [0.1, 0.15) is 23.2 Å². The first-order valence-electron chi connectivity index (χ1n) is 6.55. The van der Waals surface area contributed by atoms with Gasteiger partial charge in [-0.2, -0.15) is 0 Å². The van der Waals surface area contributed by atoms with E-state index in [1.807, 2.05) is 0 Å². The molecule has 1 fully saturated rings. The van der Waals surface area contributed by atoms with Crippen molar-refractivity contribution in [3.63, 3.8) is 0 Å². The Balaban J connectivity index is 2.32. The molecule has 1 aromatic carbocycles. The van der Waals surface area contributed by atoms with E-state index in [-0.39, 0.29) is 19.5 Å². The molecule has 6 nitrogen and oxygen atoms in total. The number of esters is 1.